The van der Waals surface area contributed by atoms with Crippen molar-refractivity contribution in [2.75, 3.05) is 32.7 Å². The third-order valence-electron chi connectivity index (χ3n) is 3.92. The number of ketones is 1. The second-order valence-electron chi connectivity index (χ2n) is 5.79. The zero-order valence-corrected chi connectivity index (χ0v) is 12.8. The molecule has 3 nitrogen and oxygen atoms in total. The van der Waals surface area contributed by atoms with Crippen LogP contribution in [0.4, 0.5) is 0 Å². The van der Waals surface area contributed by atoms with E-state index in [1.165, 1.54) is 44.9 Å². The Morgan fingerprint density at radius 2 is 1.53 bits per heavy atom. The molecule has 1 aliphatic heterocycles. The molecule has 112 valence electrons. The maximum atomic E-state index is 11.8. The van der Waals surface area contributed by atoms with Crippen LogP contribution in [-0.2, 0) is 4.79 Å². The van der Waals surface area contributed by atoms with Gasteiger partial charge in [-0.1, -0.05) is 51.9 Å². The minimum absolute atomic E-state index is 0.438. The second-order valence-corrected chi connectivity index (χ2v) is 5.79. The molecule has 0 radical (unpaired) electrons. The van der Waals surface area contributed by atoms with E-state index in [0.717, 1.165) is 39.0 Å². The van der Waals surface area contributed by atoms with Gasteiger partial charge in [0.15, 0.2) is 0 Å². The molecule has 1 N–H and O–H groups in total. The fourth-order valence-corrected chi connectivity index (χ4v) is 2.65. The number of hydrogen-bond acceptors (Lipinski definition) is 3. The molecule has 1 saturated heterocycles. The molecule has 1 aliphatic rings. The van der Waals surface area contributed by atoms with Crippen LogP contribution in [0, 0.1) is 0 Å². The molecular formula is C16H32N2O. The highest BCUT2D eigenvalue weighted by atomic mass is 16.1. The minimum atomic E-state index is 0.438. The molecule has 1 heterocycles. The van der Waals surface area contributed by atoms with E-state index in [1.54, 1.807) is 0 Å². The zero-order valence-electron chi connectivity index (χ0n) is 12.8. The van der Waals surface area contributed by atoms with Crippen molar-refractivity contribution in [3.05, 3.63) is 0 Å². The van der Waals surface area contributed by atoms with Crippen LogP contribution in [0.25, 0.3) is 0 Å². The van der Waals surface area contributed by atoms with E-state index in [-0.39, 0.29) is 0 Å². The summed E-state index contributed by atoms with van der Waals surface area (Å²) in [5.41, 5.74) is 0. The molecular weight excluding hydrogens is 236 g/mol. The lowest BCUT2D eigenvalue weighted by Gasteiger charge is -2.26. The Kier molecular flexibility index (Phi) is 10.0. The lowest BCUT2D eigenvalue weighted by atomic mass is 10.1. The number of nitrogens with one attached hydrogen (secondary N) is 1. The monoisotopic (exact) mass is 268 g/mol. The second kappa shape index (κ2) is 11.4. The number of rotatable bonds is 11. The molecule has 1 rings (SSSR count). The molecule has 1 fully saturated rings. The van der Waals surface area contributed by atoms with Gasteiger partial charge in [0.1, 0.15) is 5.78 Å². The maximum absolute atomic E-state index is 11.8. The highest BCUT2D eigenvalue weighted by molar-refractivity contribution is 5.80. The van der Waals surface area contributed by atoms with E-state index < -0.39 is 0 Å². The molecule has 0 spiro atoms. The minimum Gasteiger partial charge on any atom is -0.314 e. The number of hydrogen-bond donors (Lipinski definition) is 1. The van der Waals surface area contributed by atoms with Crippen LogP contribution >= 0.6 is 0 Å². The molecule has 0 atom stereocenters. The Morgan fingerprint density at radius 1 is 0.947 bits per heavy atom. The van der Waals surface area contributed by atoms with Gasteiger partial charge in [0.25, 0.3) is 0 Å². The van der Waals surface area contributed by atoms with Crippen molar-refractivity contribution in [3.8, 4) is 0 Å². The Balaban J connectivity index is 1.87. The molecule has 0 bridgehead atoms. The highest BCUT2D eigenvalue weighted by Crippen LogP contribution is 2.10. The first-order valence-corrected chi connectivity index (χ1v) is 8.27. The van der Waals surface area contributed by atoms with Gasteiger partial charge in [-0.3, -0.25) is 9.69 Å². The molecule has 0 saturated carbocycles. The van der Waals surface area contributed by atoms with Gasteiger partial charge >= 0.3 is 0 Å². The summed E-state index contributed by atoms with van der Waals surface area (Å²) in [6.45, 7) is 7.06. The number of carbonyl (C=O) groups excluding carboxylic acids is 1. The first-order chi connectivity index (χ1) is 9.33. The van der Waals surface area contributed by atoms with Crippen molar-refractivity contribution in [1.82, 2.24) is 10.2 Å². The summed E-state index contributed by atoms with van der Waals surface area (Å²) in [7, 11) is 0. The molecule has 19 heavy (non-hydrogen) atoms. The number of piperazine rings is 1. The summed E-state index contributed by atoms with van der Waals surface area (Å²) in [6, 6.07) is 0. The van der Waals surface area contributed by atoms with Crippen LogP contribution < -0.4 is 5.32 Å². The summed E-state index contributed by atoms with van der Waals surface area (Å²) in [6.07, 6.45) is 11.2. The van der Waals surface area contributed by atoms with Gasteiger partial charge in [-0.15, -0.1) is 0 Å². The molecule has 0 amide bonds. The Morgan fingerprint density at radius 3 is 2.16 bits per heavy atom. The number of nitrogens with zero attached hydrogens (tertiary/aromatic N) is 1. The maximum Gasteiger partial charge on any atom is 0.146 e. The first kappa shape index (κ1) is 16.6. The van der Waals surface area contributed by atoms with E-state index in [1.807, 2.05) is 0 Å². The third-order valence-corrected chi connectivity index (χ3v) is 3.92. The molecule has 0 aromatic heterocycles. The summed E-state index contributed by atoms with van der Waals surface area (Å²) >= 11 is 0. The smallest absolute Gasteiger partial charge is 0.146 e. The number of unbranched alkanes of at least 4 members (excludes halogenated alkanes) is 7. The van der Waals surface area contributed by atoms with E-state index in [4.69, 9.17) is 0 Å². The average Bonchev–Trinajstić information content (AvgIpc) is 2.43. The first-order valence-electron chi connectivity index (χ1n) is 8.27. The van der Waals surface area contributed by atoms with E-state index in [0.29, 0.717) is 12.3 Å². The van der Waals surface area contributed by atoms with Crippen LogP contribution in [0.15, 0.2) is 0 Å². The fraction of sp³-hybridized carbons (Fsp3) is 0.938. The number of carbonyl (C=O) groups is 1. The van der Waals surface area contributed by atoms with Crippen molar-refractivity contribution < 1.29 is 4.79 Å². The van der Waals surface area contributed by atoms with Crippen LogP contribution in [-0.4, -0.2) is 43.4 Å². The summed E-state index contributed by atoms with van der Waals surface area (Å²) in [5.74, 6) is 0.438. The summed E-state index contributed by atoms with van der Waals surface area (Å²) in [5, 5.41) is 3.32. The van der Waals surface area contributed by atoms with Gasteiger partial charge in [0, 0.05) is 32.6 Å². The predicted octanol–water partition coefficient (Wildman–Crippen LogP) is 2.99. The van der Waals surface area contributed by atoms with Crippen molar-refractivity contribution >= 4 is 5.78 Å². The van der Waals surface area contributed by atoms with Crippen molar-refractivity contribution in [2.24, 2.45) is 0 Å². The molecule has 3 heteroatoms. The SMILES string of the molecule is CCCCCCCCCCC(=O)CN1CCNCC1. The van der Waals surface area contributed by atoms with Crippen LogP contribution in [0.5, 0.6) is 0 Å². The van der Waals surface area contributed by atoms with Gasteiger partial charge < -0.3 is 5.32 Å². The zero-order chi connectivity index (χ0) is 13.8. The van der Waals surface area contributed by atoms with Crippen molar-refractivity contribution in [2.45, 2.75) is 64.7 Å². The standard InChI is InChI=1S/C16H32N2O/c1-2-3-4-5-6-7-8-9-10-16(19)15-18-13-11-17-12-14-18/h17H,2-15H2,1H3. The van der Waals surface area contributed by atoms with Crippen LogP contribution in [0.2, 0.25) is 0 Å². The van der Waals surface area contributed by atoms with E-state index in [2.05, 4.69) is 17.1 Å². The summed E-state index contributed by atoms with van der Waals surface area (Å²) in [4.78, 5) is 14.1. The predicted molar refractivity (Wildman–Crippen MR) is 81.5 cm³/mol. The van der Waals surface area contributed by atoms with Crippen LogP contribution in [0.1, 0.15) is 64.7 Å². The molecule has 0 aromatic rings. The Labute approximate surface area is 119 Å². The van der Waals surface area contributed by atoms with E-state index >= 15 is 0 Å². The summed E-state index contributed by atoms with van der Waals surface area (Å²) < 4.78 is 0. The van der Waals surface area contributed by atoms with Gasteiger partial charge in [-0.05, 0) is 6.42 Å². The van der Waals surface area contributed by atoms with Crippen molar-refractivity contribution in [1.29, 1.82) is 0 Å². The fourth-order valence-electron chi connectivity index (χ4n) is 2.65. The quantitative estimate of drug-likeness (QED) is 0.585. The Bertz CT molecular complexity index is 225. The molecule has 0 aliphatic carbocycles. The van der Waals surface area contributed by atoms with Gasteiger partial charge in [0.05, 0.1) is 6.54 Å². The lowest BCUT2D eigenvalue weighted by Crippen LogP contribution is -2.45. The lowest BCUT2D eigenvalue weighted by molar-refractivity contribution is -0.120. The topological polar surface area (TPSA) is 32.3 Å². The van der Waals surface area contributed by atoms with E-state index in [9.17, 15) is 4.79 Å². The Hall–Kier alpha value is -0.410. The molecule has 0 aromatic carbocycles. The van der Waals surface area contributed by atoms with Crippen LogP contribution in [0.3, 0.4) is 0 Å². The van der Waals surface area contributed by atoms with Gasteiger partial charge in [-0.25, -0.2) is 0 Å². The van der Waals surface area contributed by atoms with Gasteiger partial charge in [-0.2, -0.15) is 0 Å². The average molecular weight is 268 g/mol. The normalized spacial score (nSPS) is 16.7. The number of Topliss-reactive ketones (excluding diaryl/α,β-unsaturated/α-hetero) is 1. The largest absolute Gasteiger partial charge is 0.314 e. The highest BCUT2D eigenvalue weighted by Gasteiger charge is 2.12. The van der Waals surface area contributed by atoms with Crippen molar-refractivity contribution in [3.63, 3.8) is 0 Å². The third kappa shape index (κ3) is 9.17. The molecule has 0 unspecified atom stereocenters. The van der Waals surface area contributed by atoms with Gasteiger partial charge in [0.2, 0.25) is 0 Å².